The van der Waals surface area contributed by atoms with Gasteiger partial charge in [-0.3, -0.25) is 4.79 Å². The molecule has 0 atom stereocenters. The topological polar surface area (TPSA) is 88.2 Å². The van der Waals surface area contributed by atoms with Crippen LogP contribution in [-0.4, -0.2) is 31.2 Å². The van der Waals surface area contributed by atoms with Crippen LogP contribution in [0.4, 0.5) is 0 Å². The Morgan fingerprint density at radius 2 is 1.76 bits per heavy atom. The Bertz CT molecular complexity index is 911. The van der Waals surface area contributed by atoms with Crippen LogP contribution in [0.5, 0.6) is 5.75 Å². The van der Waals surface area contributed by atoms with Gasteiger partial charge in [-0.25, -0.2) is 0 Å². The van der Waals surface area contributed by atoms with E-state index in [4.69, 9.17) is 5.11 Å². The van der Waals surface area contributed by atoms with Crippen LogP contribution >= 0.6 is 0 Å². The van der Waals surface area contributed by atoms with Gasteiger partial charge in [0.1, 0.15) is 22.5 Å². The maximum atomic E-state index is 11.2. The molecule has 3 rings (SSSR count). The van der Waals surface area contributed by atoms with Crippen molar-refractivity contribution in [2.24, 2.45) is 0 Å². The first-order valence-electron chi connectivity index (χ1n) is 8.22. The highest BCUT2D eigenvalue weighted by Gasteiger charge is 2.26. The van der Waals surface area contributed by atoms with E-state index in [9.17, 15) is 9.90 Å². The van der Waals surface area contributed by atoms with E-state index in [1.54, 1.807) is 12.1 Å². The van der Waals surface area contributed by atoms with Gasteiger partial charge < -0.3 is 10.2 Å². The third-order valence-corrected chi connectivity index (χ3v) is 4.62. The predicted octanol–water partition coefficient (Wildman–Crippen LogP) is 3.44. The number of fused-ring (bicyclic) bond motifs is 1. The molecule has 0 aliphatic heterocycles. The molecule has 0 aliphatic rings. The summed E-state index contributed by atoms with van der Waals surface area (Å²) in [5, 5.41) is 28.8. The maximum absolute atomic E-state index is 11.2. The number of benzene rings is 2. The van der Waals surface area contributed by atoms with E-state index in [0.29, 0.717) is 27.8 Å². The molecular formula is C19H21N3O3. The van der Waals surface area contributed by atoms with E-state index in [1.807, 2.05) is 45.0 Å². The lowest BCUT2D eigenvalue weighted by atomic mass is 9.80. The number of phenolic OH excluding ortho intramolecular Hbond substituents is 1. The van der Waals surface area contributed by atoms with Crippen LogP contribution in [0.1, 0.15) is 38.3 Å². The third kappa shape index (κ3) is 3.20. The number of aromatic nitrogens is 3. The standard InChI is InChI=1S/C19H21N3O3/c1-4-19(2,3)13-9-12(11-17(23)24)10-16(18(13)25)22-20-14-7-5-6-8-15(14)21-22/h5-10,25H,4,11H2,1-3H3,(H,23,24). The van der Waals surface area contributed by atoms with Gasteiger partial charge in [0.05, 0.1) is 6.42 Å². The number of aromatic hydroxyl groups is 1. The molecule has 0 saturated carbocycles. The summed E-state index contributed by atoms with van der Waals surface area (Å²) >= 11 is 0. The fraction of sp³-hybridized carbons (Fsp3) is 0.316. The van der Waals surface area contributed by atoms with E-state index in [1.165, 1.54) is 4.80 Å². The second-order valence-electron chi connectivity index (χ2n) is 6.80. The zero-order valence-electron chi connectivity index (χ0n) is 14.5. The van der Waals surface area contributed by atoms with Crippen molar-refractivity contribution in [1.82, 2.24) is 15.0 Å². The third-order valence-electron chi connectivity index (χ3n) is 4.62. The number of carboxylic acids is 1. The molecule has 6 nitrogen and oxygen atoms in total. The highest BCUT2D eigenvalue weighted by atomic mass is 16.4. The summed E-state index contributed by atoms with van der Waals surface area (Å²) in [6, 6.07) is 10.8. The first-order chi connectivity index (χ1) is 11.8. The molecule has 1 aromatic heterocycles. The first-order valence-corrected chi connectivity index (χ1v) is 8.22. The molecule has 2 N–H and O–H groups in total. The van der Waals surface area contributed by atoms with E-state index in [-0.39, 0.29) is 17.6 Å². The molecule has 130 valence electrons. The molecule has 6 heteroatoms. The fourth-order valence-electron chi connectivity index (χ4n) is 2.78. The Hall–Kier alpha value is -2.89. The molecule has 0 saturated heterocycles. The van der Waals surface area contributed by atoms with Crippen LogP contribution in [0.3, 0.4) is 0 Å². The van der Waals surface area contributed by atoms with Gasteiger partial charge in [0, 0.05) is 5.56 Å². The van der Waals surface area contributed by atoms with Gasteiger partial charge in [-0.1, -0.05) is 39.0 Å². The number of carbonyl (C=O) groups is 1. The van der Waals surface area contributed by atoms with E-state index in [0.717, 1.165) is 6.42 Å². The van der Waals surface area contributed by atoms with Crippen molar-refractivity contribution in [2.75, 3.05) is 0 Å². The second-order valence-corrected chi connectivity index (χ2v) is 6.80. The first kappa shape index (κ1) is 17.0. The van der Waals surface area contributed by atoms with E-state index >= 15 is 0 Å². The lowest BCUT2D eigenvalue weighted by Gasteiger charge is -2.26. The molecule has 0 unspecified atom stereocenters. The van der Waals surface area contributed by atoms with Gasteiger partial charge in [0.25, 0.3) is 0 Å². The zero-order chi connectivity index (χ0) is 18.2. The number of nitrogens with zero attached hydrogens (tertiary/aromatic N) is 3. The summed E-state index contributed by atoms with van der Waals surface area (Å²) in [6.07, 6.45) is 0.673. The molecule has 0 amide bonds. The number of rotatable bonds is 5. The second kappa shape index (κ2) is 6.20. The Morgan fingerprint density at radius 1 is 1.16 bits per heavy atom. The Labute approximate surface area is 145 Å². The van der Waals surface area contributed by atoms with Crippen molar-refractivity contribution in [3.63, 3.8) is 0 Å². The van der Waals surface area contributed by atoms with Crippen LogP contribution in [0, 0.1) is 0 Å². The minimum absolute atomic E-state index is 0.0845. The van der Waals surface area contributed by atoms with Crippen LogP contribution < -0.4 is 0 Å². The number of hydrogen-bond donors (Lipinski definition) is 2. The lowest BCUT2D eigenvalue weighted by molar-refractivity contribution is -0.136. The van der Waals surface area contributed by atoms with Gasteiger partial charge in [-0.2, -0.15) is 0 Å². The summed E-state index contributed by atoms with van der Waals surface area (Å²) in [7, 11) is 0. The average Bonchev–Trinajstić information content (AvgIpc) is 2.99. The van der Waals surface area contributed by atoms with E-state index < -0.39 is 5.97 Å². The van der Waals surface area contributed by atoms with Gasteiger partial charge in [-0.05, 0) is 35.6 Å². The Kier molecular flexibility index (Phi) is 4.20. The van der Waals surface area contributed by atoms with Crippen LogP contribution in [-0.2, 0) is 16.6 Å². The predicted molar refractivity (Wildman–Crippen MR) is 95.2 cm³/mol. The number of carboxylic acid groups (broad SMARTS) is 1. The highest BCUT2D eigenvalue weighted by molar-refractivity contribution is 5.74. The zero-order valence-corrected chi connectivity index (χ0v) is 14.5. The van der Waals surface area contributed by atoms with Gasteiger partial charge in [-0.15, -0.1) is 15.0 Å². The summed E-state index contributed by atoms with van der Waals surface area (Å²) in [6.45, 7) is 6.07. The fourth-order valence-corrected chi connectivity index (χ4v) is 2.78. The maximum Gasteiger partial charge on any atom is 0.307 e. The van der Waals surface area contributed by atoms with Crippen molar-refractivity contribution in [3.8, 4) is 11.4 Å². The number of phenols is 1. The molecule has 3 aromatic rings. The number of aliphatic carboxylic acids is 1. The minimum Gasteiger partial charge on any atom is -0.505 e. The van der Waals surface area contributed by atoms with E-state index in [2.05, 4.69) is 10.2 Å². The number of hydrogen-bond acceptors (Lipinski definition) is 4. The largest absolute Gasteiger partial charge is 0.505 e. The van der Waals surface area contributed by atoms with Crippen molar-refractivity contribution in [3.05, 3.63) is 47.5 Å². The molecule has 0 fully saturated rings. The minimum atomic E-state index is -0.921. The Morgan fingerprint density at radius 3 is 2.28 bits per heavy atom. The van der Waals surface area contributed by atoms with Crippen LogP contribution in [0.25, 0.3) is 16.7 Å². The molecule has 0 aliphatic carbocycles. The van der Waals surface area contributed by atoms with Crippen molar-refractivity contribution in [2.45, 2.75) is 39.0 Å². The van der Waals surface area contributed by atoms with Gasteiger partial charge in [0.15, 0.2) is 0 Å². The van der Waals surface area contributed by atoms with Gasteiger partial charge >= 0.3 is 5.97 Å². The molecule has 2 aromatic carbocycles. The molecule has 0 bridgehead atoms. The van der Waals surface area contributed by atoms with Crippen LogP contribution in [0.15, 0.2) is 36.4 Å². The molecule has 1 heterocycles. The van der Waals surface area contributed by atoms with Crippen molar-refractivity contribution < 1.29 is 15.0 Å². The van der Waals surface area contributed by atoms with Crippen molar-refractivity contribution in [1.29, 1.82) is 0 Å². The van der Waals surface area contributed by atoms with Crippen LogP contribution in [0.2, 0.25) is 0 Å². The SMILES string of the molecule is CCC(C)(C)c1cc(CC(=O)O)cc(-n2nc3ccccc3n2)c1O. The molecule has 25 heavy (non-hydrogen) atoms. The lowest BCUT2D eigenvalue weighted by Crippen LogP contribution is -2.18. The molecule has 0 spiro atoms. The summed E-state index contributed by atoms with van der Waals surface area (Å²) in [5.74, 6) is -0.836. The highest BCUT2D eigenvalue weighted by Crippen LogP contribution is 2.38. The summed E-state index contributed by atoms with van der Waals surface area (Å²) < 4.78 is 0. The smallest absolute Gasteiger partial charge is 0.307 e. The quantitative estimate of drug-likeness (QED) is 0.743. The van der Waals surface area contributed by atoms with Gasteiger partial charge in [0.2, 0.25) is 0 Å². The molecular weight excluding hydrogens is 318 g/mol. The monoisotopic (exact) mass is 339 g/mol. The summed E-state index contributed by atoms with van der Waals surface area (Å²) in [4.78, 5) is 12.5. The summed E-state index contributed by atoms with van der Waals surface area (Å²) in [5.41, 5.74) is 2.82. The Balaban J connectivity index is 2.23. The molecule has 0 radical (unpaired) electrons. The normalized spacial score (nSPS) is 11.8. The van der Waals surface area contributed by atoms with Crippen molar-refractivity contribution >= 4 is 17.0 Å². The average molecular weight is 339 g/mol.